The van der Waals surface area contributed by atoms with E-state index in [1.165, 1.54) is 54.3 Å². The third kappa shape index (κ3) is 5.80. The molecule has 1 saturated heterocycles. The number of likely N-dealkylation sites (tertiary alicyclic amines) is 1. The summed E-state index contributed by atoms with van der Waals surface area (Å²) < 4.78 is 16.9. The smallest absolute Gasteiger partial charge is 0.188 e. The van der Waals surface area contributed by atoms with Crippen LogP contribution < -0.4 is 14.8 Å². The van der Waals surface area contributed by atoms with Crippen molar-refractivity contribution in [1.82, 2.24) is 4.90 Å². The van der Waals surface area contributed by atoms with Crippen LogP contribution in [0.3, 0.4) is 0 Å². The number of piperidine rings is 1. The van der Waals surface area contributed by atoms with Gasteiger partial charge in [-0.2, -0.15) is 0 Å². The highest BCUT2D eigenvalue weighted by molar-refractivity contribution is 7.48. The van der Waals surface area contributed by atoms with Crippen LogP contribution in [0.25, 0.3) is 0 Å². The number of methoxy groups -OCH3 is 2. The Morgan fingerprint density at radius 1 is 1.03 bits per heavy atom. The summed E-state index contributed by atoms with van der Waals surface area (Å²) in [6.07, 6.45) is 5.02. The molecule has 1 aliphatic heterocycles. The van der Waals surface area contributed by atoms with Gasteiger partial charge >= 0.3 is 0 Å². The van der Waals surface area contributed by atoms with E-state index in [9.17, 15) is 0 Å². The highest BCUT2D eigenvalue weighted by Gasteiger charge is 2.31. The Morgan fingerprint density at radius 3 is 2.45 bits per heavy atom. The number of rotatable bonds is 10. The molecule has 5 heteroatoms. The lowest BCUT2D eigenvalue weighted by atomic mass is 9.96. The van der Waals surface area contributed by atoms with Gasteiger partial charge in [0.05, 0.1) is 7.11 Å². The summed E-state index contributed by atoms with van der Waals surface area (Å²) in [5.74, 6) is 1.56. The molecule has 2 aromatic rings. The second kappa shape index (κ2) is 11.3. The van der Waals surface area contributed by atoms with Crippen molar-refractivity contribution in [1.29, 1.82) is 0 Å². The molecule has 2 atom stereocenters. The van der Waals surface area contributed by atoms with Gasteiger partial charge in [0.2, 0.25) is 0 Å². The molecule has 0 bridgehead atoms. The molecular formula is C26H38NO3P. The number of aryl methyl sites for hydroxylation is 1. The van der Waals surface area contributed by atoms with Crippen molar-refractivity contribution in [2.75, 3.05) is 34.1 Å². The minimum Gasteiger partial charge on any atom is -0.493 e. The van der Waals surface area contributed by atoms with E-state index >= 15 is 0 Å². The summed E-state index contributed by atoms with van der Waals surface area (Å²) >= 11 is 0. The Kier molecular flexibility index (Phi) is 8.77. The summed E-state index contributed by atoms with van der Waals surface area (Å²) in [5.41, 5.74) is 4.05. The topological polar surface area (TPSA) is 30.9 Å². The molecule has 2 aromatic carbocycles. The zero-order valence-electron chi connectivity index (χ0n) is 19.8. The first kappa shape index (κ1) is 24.0. The molecule has 0 radical (unpaired) electrons. The SMILES string of the molecule is CCC(C)(Pc1c(C)cccc1CN1CCCCC1)c1cccc(OC)c1OCOC. The molecule has 0 N–H and O–H groups in total. The number of ether oxygens (including phenoxy) is 3. The first-order valence-corrected chi connectivity index (χ1v) is 12.4. The fraction of sp³-hybridized carbons (Fsp3) is 0.538. The summed E-state index contributed by atoms with van der Waals surface area (Å²) in [6.45, 7) is 10.6. The van der Waals surface area contributed by atoms with Gasteiger partial charge in [-0.25, -0.2) is 0 Å². The third-order valence-corrected chi connectivity index (χ3v) is 8.56. The Morgan fingerprint density at radius 2 is 1.77 bits per heavy atom. The van der Waals surface area contributed by atoms with E-state index in [0.29, 0.717) is 8.58 Å². The van der Waals surface area contributed by atoms with Gasteiger partial charge in [-0.15, -0.1) is 0 Å². The minimum atomic E-state index is -0.0552. The Balaban J connectivity index is 1.97. The monoisotopic (exact) mass is 443 g/mol. The minimum absolute atomic E-state index is 0.0552. The summed E-state index contributed by atoms with van der Waals surface area (Å²) in [7, 11) is 3.99. The zero-order valence-corrected chi connectivity index (χ0v) is 20.8. The summed E-state index contributed by atoms with van der Waals surface area (Å²) in [4.78, 5) is 2.62. The van der Waals surface area contributed by atoms with Crippen molar-refractivity contribution in [3.05, 3.63) is 53.1 Å². The van der Waals surface area contributed by atoms with E-state index in [1.807, 2.05) is 6.07 Å². The van der Waals surface area contributed by atoms with Gasteiger partial charge in [0.15, 0.2) is 18.3 Å². The second-order valence-electron chi connectivity index (χ2n) is 8.64. The molecule has 170 valence electrons. The molecule has 0 saturated carbocycles. The van der Waals surface area contributed by atoms with E-state index in [2.05, 4.69) is 56.0 Å². The van der Waals surface area contributed by atoms with E-state index in [1.54, 1.807) is 14.2 Å². The van der Waals surface area contributed by atoms with Crippen LogP contribution in [-0.4, -0.2) is 39.0 Å². The van der Waals surface area contributed by atoms with Gasteiger partial charge in [0.25, 0.3) is 0 Å². The Labute approximate surface area is 190 Å². The molecule has 1 fully saturated rings. The van der Waals surface area contributed by atoms with Crippen LogP contribution in [0, 0.1) is 6.92 Å². The molecule has 0 aromatic heterocycles. The van der Waals surface area contributed by atoms with Crippen molar-refractivity contribution < 1.29 is 14.2 Å². The van der Waals surface area contributed by atoms with Crippen LogP contribution in [0.2, 0.25) is 0 Å². The first-order valence-electron chi connectivity index (χ1n) is 11.4. The van der Waals surface area contributed by atoms with Crippen LogP contribution >= 0.6 is 8.58 Å². The van der Waals surface area contributed by atoms with Gasteiger partial charge in [-0.3, -0.25) is 4.90 Å². The van der Waals surface area contributed by atoms with Crippen LogP contribution in [0.1, 0.15) is 56.2 Å². The summed E-state index contributed by atoms with van der Waals surface area (Å²) in [6, 6.07) is 13.0. The number of benzene rings is 2. The maximum absolute atomic E-state index is 6.03. The quantitative estimate of drug-likeness (QED) is 0.353. The van der Waals surface area contributed by atoms with Gasteiger partial charge in [-0.05, 0) is 61.8 Å². The van der Waals surface area contributed by atoms with Crippen molar-refractivity contribution in [3.63, 3.8) is 0 Å². The normalized spacial score (nSPS) is 17.1. The molecule has 31 heavy (non-hydrogen) atoms. The lowest BCUT2D eigenvalue weighted by Crippen LogP contribution is -2.31. The first-order chi connectivity index (χ1) is 15.0. The fourth-order valence-electron chi connectivity index (χ4n) is 4.40. The highest BCUT2D eigenvalue weighted by atomic mass is 31.1. The number of hydrogen-bond donors (Lipinski definition) is 0. The largest absolute Gasteiger partial charge is 0.493 e. The van der Waals surface area contributed by atoms with E-state index < -0.39 is 0 Å². The van der Waals surface area contributed by atoms with Crippen molar-refractivity contribution in [3.8, 4) is 11.5 Å². The number of para-hydroxylation sites is 1. The third-order valence-electron chi connectivity index (χ3n) is 6.42. The van der Waals surface area contributed by atoms with Crippen molar-refractivity contribution in [2.45, 2.75) is 58.2 Å². The predicted octanol–water partition coefficient (Wildman–Crippen LogP) is 5.60. The van der Waals surface area contributed by atoms with E-state index in [4.69, 9.17) is 14.2 Å². The molecule has 0 amide bonds. The maximum Gasteiger partial charge on any atom is 0.188 e. The van der Waals surface area contributed by atoms with Crippen molar-refractivity contribution in [2.24, 2.45) is 0 Å². The van der Waals surface area contributed by atoms with E-state index in [-0.39, 0.29) is 11.9 Å². The van der Waals surface area contributed by atoms with Crippen molar-refractivity contribution >= 4 is 13.9 Å². The molecular weight excluding hydrogens is 405 g/mol. The zero-order chi connectivity index (χ0) is 22.3. The predicted molar refractivity (Wildman–Crippen MR) is 131 cm³/mol. The molecule has 0 spiro atoms. The molecule has 2 unspecified atom stereocenters. The number of hydrogen-bond acceptors (Lipinski definition) is 4. The van der Waals surface area contributed by atoms with Gasteiger partial charge in [-0.1, -0.05) is 59.2 Å². The van der Waals surface area contributed by atoms with Crippen LogP contribution in [-0.2, 0) is 16.4 Å². The average molecular weight is 444 g/mol. The lowest BCUT2D eigenvalue weighted by molar-refractivity contribution is 0.0480. The lowest BCUT2D eigenvalue weighted by Gasteiger charge is -2.34. The van der Waals surface area contributed by atoms with Crippen LogP contribution in [0.4, 0.5) is 0 Å². The molecule has 4 nitrogen and oxygen atoms in total. The van der Waals surface area contributed by atoms with Gasteiger partial charge < -0.3 is 14.2 Å². The standard InChI is InChI=1S/C26H38NO3P/c1-6-26(3,22-14-11-15-23(29-5)24(22)30-19-28-4)31-25-20(2)12-10-13-21(25)18-27-16-8-7-9-17-27/h10-15,31H,6-9,16-19H2,1-5H3. The van der Waals surface area contributed by atoms with E-state index in [0.717, 1.165) is 24.5 Å². The Bertz CT molecular complexity index is 851. The average Bonchev–Trinajstić information content (AvgIpc) is 2.80. The molecule has 1 aliphatic rings. The molecule has 1 heterocycles. The number of nitrogens with zero attached hydrogens (tertiary/aromatic N) is 1. The van der Waals surface area contributed by atoms with Crippen LogP contribution in [0.15, 0.2) is 36.4 Å². The molecule has 0 aliphatic carbocycles. The fourth-order valence-corrected chi connectivity index (χ4v) is 6.06. The highest BCUT2D eigenvalue weighted by Crippen LogP contribution is 2.50. The second-order valence-corrected chi connectivity index (χ2v) is 10.5. The maximum atomic E-state index is 6.03. The Hall–Kier alpha value is -1.61. The molecule has 3 rings (SSSR count). The van der Waals surface area contributed by atoms with Gasteiger partial charge in [0.1, 0.15) is 0 Å². The summed E-state index contributed by atoms with van der Waals surface area (Å²) in [5, 5.41) is 1.44. The van der Waals surface area contributed by atoms with Gasteiger partial charge in [0, 0.05) is 24.4 Å². The van der Waals surface area contributed by atoms with Crippen LogP contribution in [0.5, 0.6) is 11.5 Å².